The maximum absolute atomic E-state index is 12.5. The van der Waals surface area contributed by atoms with Gasteiger partial charge in [0.15, 0.2) is 5.78 Å². The summed E-state index contributed by atoms with van der Waals surface area (Å²) in [5.41, 5.74) is 1.03. The Labute approximate surface area is 140 Å². The largest absolute Gasteiger partial charge is 0.507 e. The Morgan fingerprint density at radius 1 is 1.12 bits per heavy atom. The normalized spacial score (nSPS) is 10.1. The van der Waals surface area contributed by atoms with Gasteiger partial charge in [0.1, 0.15) is 18.1 Å². The molecule has 5 nitrogen and oxygen atoms in total. The summed E-state index contributed by atoms with van der Waals surface area (Å²) in [6.07, 6.45) is 0. The third kappa shape index (κ3) is 3.63. The number of aromatic hydroxyl groups is 1. The molecule has 0 radical (unpaired) electrons. The molecule has 0 aliphatic carbocycles. The zero-order valence-corrected chi connectivity index (χ0v) is 13.5. The van der Waals surface area contributed by atoms with E-state index in [0.717, 1.165) is 0 Å². The van der Waals surface area contributed by atoms with Crippen molar-refractivity contribution in [2.24, 2.45) is 0 Å². The highest BCUT2D eigenvalue weighted by Gasteiger charge is 2.20. The van der Waals surface area contributed by atoms with Crippen LogP contribution in [-0.2, 0) is 16.1 Å². The van der Waals surface area contributed by atoms with Crippen LogP contribution in [0, 0.1) is 0 Å². The van der Waals surface area contributed by atoms with Crippen molar-refractivity contribution in [2.45, 2.75) is 13.5 Å². The van der Waals surface area contributed by atoms with Gasteiger partial charge in [0.05, 0.1) is 18.2 Å². The van der Waals surface area contributed by atoms with E-state index in [1.807, 2.05) is 0 Å². The van der Waals surface area contributed by atoms with Gasteiger partial charge < -0.3 is 14.6 Å². The van der Waals surface area contributed by atoms with Gasteiger partial charge in [-0.3, -0.25) is 4.79 Å². The number of rotatable bonds is 6. The van der Waals surface area contributed by atoms with Crippen LogP contribution in [0.25, 0.3) is 0 Å². The van der Waals surface area contributed by atoms with Crippen LogP contribution < -0.4 is 4.74 Å². The van der Waals surface area contributed by atoms with Crippen LogP contribution >= 0.6 is 0 Å². The number of esters is 1. The number of ether oxygens (including phenoxy) is 2. The Morgan fingerprint density at radius 3 is 2.38 bits per heavy atom. The van der Waals surface area contributed by atoms with Crippen LogP contribution in [0.2, 0.25) is 0 Å². The maximum Gasteiger partial charge on any atom is 0.333 e. The highest BCUT2D eigenvalue weighted by Crippen LogP contribution is 2.33. The molecule has 0 aromatic heterocycles. The molecule has 0 saturated heterocycles. The molecule has 0 spiro atoms. The topological polar surface area (TPSA) is 72.8 Å². The van der Waals surface area contributed by atoms with Gasteiger partial charge in [0.2, 0.25) is 0 Å². The first-order chi connectivity index (χ1) is 11.5. The number of carbonyl (C=O) groups excluding carboxylic acids is 2. The molecule has 0 heterocycles. The molecule has 0 aliphatic rings. The molecule has 2 aromatic rings. The fourth-order valence-electron chi connectivity index (χ4n) is 2.14. The molecule has 2 aromatic carbocycles. The average molecular weight is 326 g/mol. The van der Waals surface area contributed by atoms with Gasteiger partial charge in [-0.25, -0.2) is 4.79 Å². The number of methoxy groups -OCH3 is 1. The smallest absolute Gasteiger partial charge is 0.333 e. The van der Waals surface area contributed by atoms with Crippen molar-refractivity contribution in [3.63, 3.8) is 0 Å². The van der Waals surface area contributed by atoms with Crippen LogP contribution in [0.5, 0.6) is 11.5 Å². The minimum Gasteiger partial charge on any atom is -0.507 e. The van der Waals surface area contributed by atoms with Crippen molar-refractivity contribution < 1.29 is 24.2 Å². The molecule has 5 heteroatoms. The van der Waals surface area contributed by atoms with E-state index in [1.54, 1.807) is 36.4 Å². The summed E-state index contributed by atoms with van der Waals surface area (Å²) in [4.78, 5) is 24.1. The molecule has 24 heavy (non-hydrogen) atoms. The molecule has 0 aliphatic heterocycles. The van der Waals surface area contributed by atoms with Crippen LogP contribution in [0.1, 0.15) is 28.4 Å². The van der Waals surface area contributed by atoms with Crippen LogP contribution in [0.15, 0.2) is 54.6 Å². The summed E-state index contributed by atoms with van der Waals surface area (Å²) in [7, 11) is 1.43. The second-order valence-electron chi connectivity index (χ2n) is 5.19. The molecular formula is C19H18O5. The first kappa shape index (κ1) is 17.3. The summed E-state index contributed by atoms with van der Waals surface area (Å²) < 4.78 is 10.2. The summed E-state index contributed by atoms with van der Waals surface area (Å²) in [5, 5.41) is 10.5. The summed E-state index contributed by atoms with van der Waals surface area (Å²) in [6.45, 7) is 4.79. The van der Waals surface area contributed by atoms with E-state index in [0.29, 0.717) is 11.3 Å². The summed E-state index contributed by atoms with van der Waals surface area (Å²) in [5.74, 6) is -0.858. The lowest BCUT2D eigenvalue weighted by Gasteiger charge is -2.14. The van der Waals surface area contributed by atoms with Gasteiger partial charge in [0, 0.05) is 11.1 Å². The predicted octanol–water partition coefficient (Wildman–Crippen LogP) is 3.25. The quantitative estimate of drug-likeness (QED) is 0.501. The zero-order valence-electron chi connectivity index (χ0n) is 13.5. The van der Waals surface area contributed by atoms with E-state index in [4.69, 9.17) is 9.47 Å². The lowest BCUT2D eigenvalue weighted by molar-refractivity contribution is -0.140. The number of hydrogen-bond donors (Lipinski definition) is 1. The van der Waals surface area contributed by atoms with E-state index < -0.39 is 5.97 Å². The second-order valence-corrected chi connectivity index (χ2v) is 5.19. The third-order valence-electron chi connectivity index (χ3n) is 3.44. The maximum atomic E-state index is 12.5. The van der Waals surface area contributed by atoms with Crippen molar-refractivity contribution in [3.05, 3.63) is 71.3 Å². The molecule has 0 bridgehead atoms. The number of carbonyl (C=O) groups is 2. The molecular weight excluding hydrogens is 308 g/mol. The molecule has 1 N–H and O–H groups in total. The van der Waals surface area contributed by atoms with E-state index >= 15 is 0 Å². The molecule has 2 rings (SSSR count). The van der Waals surface area contributed by atoms with Crippen LogP contribution in [-0.4, -0.2) is 24.0 Å². The monoisotopic (exact) mass is 326 g/mol. The molecule has 0 atom stereocenters. The zero-order chi connectivity index (χ0) is 17.7. The fraction of sp³-hybridized carbons (Fsp3) is 0.158. The minimum atomic E-state index is -0.587. The van der Waals surface area contributed by atoms with Gasteiger partial charge in [0.25, 0.3) is 0 Å². The Morgan fingerprint density at radius 2 is 1.79 bits per heavy atom. The molecule has 0 saturated carbocycles. The lowest BCUT2D eigenvalue weighted by atomic mass is 9.99. The first-order valence-corrected chi connectivity index (χ1v) is 7.27. The highest BCUT2D eigenvalue weighted by molar-refractivity contribution is 6.11. The van der Waals surface area contributed by atoms with E-state index in [1.165, 1.54) is 20.1 Å². The SMILES string of the molecule is C=C(C)C(=O)OCc1c(OC)ccc(C(=O)c2ccccc2)c1O. The minimum absolute atomic E-state index is 0.114. The van der Waals surface area contributed by atoms with Crippen molar-refractivity contribution >= 4 is 11.8 Å². The van der Waals surface area contributed by atoms with Crippen LogP contribution in [0.4, 0.5) is 0 Å². The molecule has 0 unspecified atom stereocenters. The van der Waals surface area contributed by atoms with E-state index in [-0.39, 0.29) is 34.8 Å². The Balaban J connectivity index is 2.38. The molecule has 0 amide bonds. The Bertz CT molecular complexity index is 778. The van der Waals surface area contributed by atoms with Crippen molar-refractivity contribution in [2.75, 3.05) is 7.11 Å². The van der Waals surface area contributed by atoms with Crippen molar-refractivity contribution in [1.82, 2.24) is 0 Å². The predicted molar refractivity (Wildman–Crippen MR) is 89.1 cm³/mol. The third-order valence-corrected chi connectivity index (χ3v) is 3.44. The van der Waals surface area contributed by atoms with Gasteiger partial charge in [-0.1, -0.05) is 36.9 Å². The molecule has 124 valence electrons. The number of phenolic OH excluding ortho intramolecular Hbond substituents is 1. The van der Waals surface area contributed by atoms with Crippen molar-refractivity contribution in [1.29, 1.82) is 0 Å². The number of ketones is 1. The number of benzene rings is 2. The van der Waals surface area contributed by atoms with Gasteiger partial charge in [-0.05, 0) is 19.1 Å². The summed E-state index contributed by atoms with van der Waals surface area (Å²) in [6, 6.07) is 11.6. The average Bonchev–Trinajstić information content (AvgIpc) is 2.60. The van der Waals surface area contributed by atoms with Crippen LogP contribution in [0.3, 0.4) is 0 Å². The van der Waals surface area contributed by atoms with Gasteiger partial charge in [-0.2, -0.15) is 0 Å². The van der Waals surface area contributed by atoms with Gasteiger partial charge >= 0.3 is 5.97 Å². The highest BCUT2D eigenvalue weighted by atomic mass is 16.5. The Kier molecular flexibility index (Phi) is 5.37. The standard InChI is InChI=1S/C19H18O5/c1-12(2)19(22)24-11-15-16(23-3)10-9-14(18(15)21)17(20)13-7-5-4-6-8-13/h4-10,21H,1,11H2,2-3H3. The molecule has 0 fully saturated rings. The second kappa shape index (κ2) is 7.46. The Hall–Kier alpha value is -3.08. The number of phenols is 1. The van der Waals surface area contributed by atoms with E-state index in [2.05, 4.69) is 6.58 Å². The van der Waals surface area contributed by atoms with E-state index in [9.17, 15) is 14.7 Å². The number of hydrogen-bond acceptors (Lipinski definition) is 5. The van der Waals surface area contributed by atoms with Gasteiger partial charge in [-0.15, -0.1) is 0 Å². The first-order valence-electron chi connectivity index (χ1n) is 7.27. The summed E-state index contributed by atoms with van der Waals surface area (Å²) >= 11 is 0. The fourth-order valence-corrected chi connectivity index (χ4v) is 2.14. The lowest BCUT2D eigenvalue weighted by Crippen LogP contribution is -2.08. The van der Waals surface area contributed by atoms with Crippen molar-refractivity contribution in [3.8, 4) is 11.5 Å².